The highest BCUT2D eigenvalue weighted by Crippen LogP contribution is 2.03. The average molecular weight is 190 g/mol. The Kier molecular flexibility index (Phi) is 3.14. The molecule has 1 heterocycles. The summed E-state index contributed by atoms with van der Waals surface area (Å²) in [5, 5.41) is 0. The normalized spacial score (nSPS) is 16.4. The lowest BCUT2D eigenvalue weighted by atomic mass is 10.3. The zero-order chi connectivity index (χ0) is 10.6. The molecular weight excluding hydrogens is 180 g/mol. The van der Waals surface area contributed by atoms with Crippen LogP contribution >= 0.6 is 0 Å². The summed E-state index contributed by atoms with van der Waals surface area (Å²) in [5.41, 5.74) is 0. The summed E-state index contributed by atoms with van der Waals surface area (Å²) in [6.45, 7) is 1.26. The van der Waals surface area contributed by atoms with Gasteiger partial charge in [-0.15, -0.1) is 12.8 Å². The Morgan fingerprint density at radius 1 is 1.00 bits per heavy atom. The molecule has 0 unspecified atom stereocenters. The number of hydrogen-bond acceptors (Lipinski definition) is 2. The Bertz CT molecular complexity index is 301. The first kappa shape index (κ1) is 10.1. The first-order valence-electron chi connectivity index (χ1n) is 4.15. The maximum Gasteiger partial charge on any atom is 0.312 e. The van der Waals surface area contributed by atoms with Crippen LogP contribution in [0.25, 0.3) is 0 Å². The maximum absolute atomic E-state index is 11.4. The molecular formula is C10H10N2O2. The number of nitrogens with zero attached hydrogens (tertiary/aromatic N) is 2. The average Bonchev–Trinajstić information content (AvgIpc) is 2.18. The second kappa shape index (κ2) is 4.34. The number of terminal acetylenes is 2. The molecule has 0 spiro atoms. The fraction of sp³-hybridized carbons (Fsp3) is 0.400. The Balaban J connectivity index is 2.66. The molecule has 1 aliphatic heterocycles. The lowest BCUT2D eigenvalue weighted by molar-refractivity contribution is -0.154. The van der Waals surface area contributed by atoms with Crippen molar-refractivity contribution in [1.29, 1.82) is 0 Å². The van der Waals surface area contributed by atoms with E-state index >= 15 is 0 Å². The fourth-order valence-electron chi connectivity index (χ4n) is 1.24. The smallest absolute Gasteiger partial charge is 0.312 e. The van der Waals surface area contributed by atoms with E-state index in [1.54, 1.807) is 0 Å². The summed E-state index contributed by atoms with van der Waals surface area (Å²) in [5.74, 6) is 3.53. The molecule has 2 amide bonds. The van der Waals surface area contributed by atoms with Crippen LogP contribution in [0.2, 0.25) is 0 Å². The minimum Gasteiger partial charge on any atom is -0.322 e. The number of amides is 2. The molecule has 0 bridgehead atoms. The number of hydrogen-bond donors (Lipinski definition) is 0. The molecule has 0 aromatic heterocycles. The van der Waals surface area contributed by atoms with Crippen molar-refractivity contribution in [3.8, 4) is 24.7 Å². The number of carbonyl (C=O) groups excluding carboxylic acids is 2. The summed E-state index contributed by atoms with van der Waals surface area (Å²) in [7, 11) is 0. The quantitative estimate of drug-likeness (QED) is 0.410. The van der Waals surface area contributed by atoms with Gasteiger partial charge in [0.05, 0.1) is 13.1 Å². The number of piperazine rings is 1. The second-order valence-corrected chi connectivity index (χ2v) is 2.86. The number of rotatable bonds is 2. The molecule has 0 aliphatic carbocycles. The first-order chi connectivity index (χ1) is 6.70. The van der Waals surface area contributed by atoms with Crippen LogP contribution in [0.3, 0.4) is 0 Å². The van der Waals surface area contributed by atoms with Gasteiger partial charge in [-0.25, -0.2) is 0 Å². The topological polar surface area (TPSA) is 40.6 Å². The highest BCUT2D eigenvalue weighted by atomic mass is 16.2. The van der Waals surface area contributed by atoms with Crippen LogP contribution in [-0.2, 0) is 9.59 Å². The van der Waals surface area contributed by atoms with Gasteiger partial charge >= 0.3 is 11.8 Å². The molecule has 0 aromatic carbocycles. The van der Waals surface area contributed by atoms with E-state index in [4.69, 9.17) is 12.8 Å². The summed E-state index contributed by atoms with van der Waals surface area (Å²) in [6.07, 6.45) is 10.1. The summed E-state index contributed by atoms with van der Waals surface area (Å²) in [6, 6.07) is 0. The van der Waals surface area contributed by atoms with Crippen molar-refractivity contribution >= 4 is 11.8 Å². The van der Waals surface area contributed by atoms with Crippen molar-refractivity contribution in [1.82, 2.24) is 9.80 Å². The zero-order valence-electron chi connectivity index (χ0n) is 7.69. The predicted octanol–water partition coefficient (Wildman–Crippen LogP) is -1.08. The highest BCUT2D eigenvalue weighted by Gasteiger charge is 2.31. The molecule has 14 heavy (non-hydrogen) atoms. The van der Waals surface area contributed by atoms with E-state index in [-0.39, 0.29) is 13.1 Å². The van der Waals surface area contributed by atoms with Crippen molar-refractivity contribution in [2.45, 2.75) is 0 Å². The predicted molar refractivity (Wildman–Crippen MR) is 50.8 cm³/mol. The third kappa shape index (κ3) is 1.86. The van der Waals surface area contributed by atoms with Crippen LogP contribution in [0, 0.1) is 24.7 Å². The van der Waals surface area contributed by atoms with Crippen LogP contribution in [0.5, 0.6) is 0 Å². The summed E-state index contributed by atoms with van der Waals surface area (Å²) >= 11 is 0. The van der Waals surface area contributed by atoms with Gasteiger partial charge in [0.25, 0.3) is 0 Å². The van der Waals surface area contributed by atoms with Gasteiger partial charge in [0, 0.05) is 13.1 Å². The molecule has 1 aliphatic rings. The van der Waals surface area contributed by atoms with Crippen LogP contribution in [0.15, 0.2) is 0 Å². The van der Waals surface area contributed by atoms with E-state index in [0.29, 0.717) is 13.1 Å². The van der Waals surface area contributed by atoms with Crippen LogP contribution in [0.4, 0.5) is 0 Å². The minimum atomic E-state index is -0.565. The van der Waals surface area contributed by atoms with Gasteiger partial charge in [0.2, 0.25) is 0 Å². The standard InChI is InChI=1S/C10H10N2O2/c1-3-5-11-7-8-12(6-4-2)10(14)9(11)13/h1-2H,5-8H2. The Hall–Kier alpha value is -1.94. The Morgan fingerprint density at radius 2 is 1.36 bits per heavy atom. The lowest BCUT2D eigenvalue weighted by Crippen LogP contribution is -2.54. The minimum absolute atomic E-state index is 0.175. The summed E-state index contributed by atoms with van der Waals surface area (Å²) < 4.78 is 0. The van der Waals surface area contributed by atoms with Crippen molar-refractivity contribution in [3.05, 3.63) is 0 Å². The van der Waals surface area contributed by atoms with Crippen LogP contribution in [0.1, 0.15) is 0 Å². The van der Waals surface area contributed by atoms with Crippen molar-refractivity contribution in [2.75, 3.05) is 26.2 Å². The molecule has 72 valence electrons. The van der Waals surface area contributed by atoms with E-state index in [9.17, 15) is 9.59 Å². The van der Waals surface area contributed by atoms with E-state index in [1.807, 2.05) is 0 Å². The highest BCUT2D eigenvalue weighted by molar-refractivity contribution is 6.35. The van der Waals surface area contributed by atoms with Gasteiger partial charge in [-0.1, -0.05) is 11.8 Å². The number of carbonyl (C=O) groups is 2. The molecule has 1 rings (SSSR count). The fourth-order valence-corrected chi connectivity index (χ4v) is 1.24. The molecule has 0 atom stereocenters. The van der Waals surface area contributed by atoms with Gasteiger partial charge in [-0.2, -0.15) is 0 Å². The zero-order valence-corrected chi connectivity index (χ0v) is 7.69. The largest absolute Gasteiger partial charge is 0.322 e. The van der Waals surface area contributed by atoms with Gasteiger partial charge in [0.1, 0.15) is 0 Å². The van der Waals surface area contributed by atoms with Gasteiger partial charge < -0.3 is 9.80 Å². The lowest BCUT2D eigenvalue weighted by Gasteiger charge is -2.31. The molecule has 0 N–H and O–H groups in total. The first-order valence-corrected chi connectivity index (χ1v) is 4.15. The van der Waals surface area contributed by atoms with Crippen LogP contribution in [-0.4, -0.2) is 47.8 Å². The molecule has 1 fully saturated rings. The van der Waals surface area contributed by atoms with E-state index in [1.165, 1.54) is 9.80 Å². The Morgan fingerprint density at radius 3 is 1.64 bits per heavy atom. The van der Waals surface area contributed by atoms with Crippen molar-refractivity contribution in [3.63, 3.8) is 0 Å². The van der Waals surface area contributed by atoms with E-state index in [2.05, 4.69) is 11.8 Å². The van der Waals surface area contributed by atoms with Crippen molar-refractivity contribution < 1.29 is 9.59 Å². The third-order valence-corrected chi connectivity index (χ3v) is 1.96. The monoisotopic (exact) mass is 190 g/mol. The van der Waals surface area contributed by atoms with E-state index in [0.717, 1.165) is 0 Å². The molecule has 0 aromatic rings. The van der Waals surface area contributed by atoms with Crippen LogP contribution < -0.4 is 0 Å². The van der Waals surface area contributed by atoms with Gasteiger partial charge in [-0.05, 0) is 0 Å². The molecule has 4 nitrogen and oxygen atoms in total. The SMILES string of the molecule is C#CCN1CCN(CC#C)C(=O)C1=O. The molecule has 0 radical (unpaired) electrons. The second-order valence-electron chi connectivity index (χ2n) is 2.86. The molecule has 4 heteroatoms. The Labute approximate surface area is 82.9 Å². The molecule has 0 saturated carbocycles. The molecule has 1 saturated heterocycles. The third-order valence-electron chi connectivity index (χ3n) is 1.96. The van der Waals surface area contributed by atoms with Gasteiger partial charge in [-0.3, -0.25) is 9.59 Å². The van der Waals surface area contributed by atoms with E-state index < -0.39 is 11.8 Å². The maximum atomic E-state index is 11.4. The van der Waals surface area contributed by atoms with Gasteiger partial charge in [0.15, 0.2) is 0 Å². The summed E-state index contributed by atoms with van der Waals surface area (Å²) in [4.78, 5) is 25.4. The van der Waals surface area contributed by atoms with Crippen molar-refractivity contribution in [2.24, 2.45) is 0 Å².